The maximum atomic E-state index is 11.5. The fourth-order valence-electron chi connectivity index (χ4n) is 1.60. The Morgan fingerprint density at radius 1 is 1.43 bits per heavy atom. The molecule has 0 N–H and O–H groups in total. The van der Waals surface area contributed by atoms with Crippen molar-refractivity contribution < 1.29 is 4.79 Å². The Balaban J connectivity index is 2.41. The Morgan fingerprint density at radius 2 is 2.21 bits per heavy atom. The predicted octanol–water partition coefficient (Wildman–Crippen LogP) is 3.23. The largest absolute Gasteiger partial charge is 0.311 e. The first kappa shape index (κ1) is 9.99. The number of carbonyl (C=O) groups is 1. The Morgan fingerprint density at radius 3 is 2.86 bits per heavy atom. The molecule has 74 valence electrons. The third kappa shape index (κ3) is 1.66. The number of hydrogen-bond acceptors (Lipinski definition) is 1. The highest BCUT2D eigenvalue weighted by molar-refractivity contribution is 9.10. The van der Waals surface area contributed by atoms with Crippen molar-refractivity contribution in [2.45, 2.75) is 12.8 Å². The van der Waals surface area contributed by atoms with Gasteiger partial charge < -0.3 is 4.90 Å². The van der Waals surface area contributed by atoms with Crippen molar-refractivity contribution in [2.75, 3.05) is 11.4 Å². The van der Waals surface area contributed by atoms with Crippen LogP contribution in [-0.2, 0) is 4.79 Å². The molecular formula is C10H9BrClNO. The summed E-state index contributed by atoms with van der Waals surface area (Å²) in [4.78, 5) is 13.2. The number of nitrogens with zero attached hydrogens (tertiary/aromatic N) is 1. The lowest BCUT2D eigenvalue weighted by atomic mass is 10.3. The second kappa shape index (κ2) is 3.91. The van der Waals surface area contributed by atoms with E-state index >= 15 is 0 Å². The molecular weight excluding hydrogens is 265 g/mol. The van der Waals surface area contributed by atoms with E-state index in [2.05, 4.69) is 15.9 Å². The number of benzene rings is 1. The van der Waals surface area contributed by atoms with Crippen LogP contribution in [0.3, 0.4) is 0 Å². The third-order valence-electron chi connectivity index (χ3n) is 2.30. The summed E-state index contributed by atoms with van der Waals surface area (Å²) in [6, 6.07) is 5.62. The maximum Gasteiger partial charge on any atom is 0.227 e. The zero-order chi connectivity index (χ0) is 10.1. The minimum atomic E-state index is 0.157. The Labute approximate surface area is 96.0 Å². The van der Waals surface area contributed by atoms with Crippen LogP contribution >= 0.6 is 27.5 Å². The van der Waals surface area contributed by atoms with Crippen molar-refractivity contribution in [3.63, 3.8) is 0 Å². The van der Waals surface area contributed by atoms with Crippen LogP contribution in [-0.4, -0.2) is 12.5 Å². The van der Waals surface area contributed by atoms with Crippen LogP contribution in [0.25, 0.3) is 0 Å². The highest BCUT2D eigenvalue weighted by Crippen LogP contribution is 2.34. The van der Waals surface area contributed by atoms with Crippen LogP contribution in [0.4, 0.5) is 5.69 Å². The van der Waals surface area contributed by atoms with Gasteiger partial charge in [0.2, 0.25) is 5.91 Å². The van der Waals surface area contributed by atoms with Crippen LogP contribution in [0, 0.1) is 0 Å². The van der Waals surface area contributed by atoms with Crippen molar-refractivity contribution in [1.29, 1.82) is 0 Å². The van der Waals surface area contributed by atoms with E-state index in [0.29, 0.717) is 11.4 Å². The average molecular weight is 275 g/mol. The Kier molecular flexibility index (Phi) is 2.79. The zero-order valence-corrected chi connectivity index (χ0v) is 9.81. The van der Waals surface area contributed by atoms with Gasteiger partial charge in [-0.25, -0.2) is 0 Å². The smallest absolute Gasteiger partial charge is 0.227 e. The van der Waals surface area contributed by atoms with E-state index in [1.165, 1.54) is 0 Å². The van der Waals surface area contributed by atoms with Gasteiger partial charge in [0.05, 0.1) is 10.7 Å². The Bertz CT molecular complexity index is 380. The summed E-state index contributed by atoms with van der Waals surface area (Å²) < 4.78 is 0.830. The number of halogens is 2. The Hall–Kier alpha value is -0.540. The molecule has 0 aromatic heterocycles. The molecule has 2 rings (SSSR count). The number of anilines is 1. The maximum absolute atomic E-state index is 11.5. The van der Waals surface area contributed by atoms with E-state index in [0.717, 1.165) is 23.1 Å². The lowest BCUT2D eigenvalue weighted by Crippen LogP contribution is -2.23. The van der Waals surface area contributed by atoms with Gasteiger partial charge in [-0.05, 0) is 34.5 Å². The highest BCUT2D eigenvalue weighted by Gasteiger charge is 2.23. The number of rotatable bonds is 1. The van der Waals surface area contributed by atoms with Gasteiger partial charge in [0.1, 0.15) is 0 Å². The van der Waals surface area contributed by atoms with Crippen LogP contribution < -0.4 is 4.90 Å². The lowest BCUT2D eigenvalue weighted by molar-refractivity contribution is -0.117. The van der Waals surface area contributed by atoms with E-state index in [9.17, 15) is 4.79 Å². The predicted molar refractivity (Wildman–Crippen MR) is 60.7 cm³/mol. The van der Waals surface area contributed by atoms with Crippen LogP contribution in [0.2, 0.25) is 5.02 Å². The van der Waals surface area contributed by atoms with Crippen molar-refractivity contribution in [2.24, 2.45) is 0 Å². The van der Waals surface area contributed by atoms with Gasteiger partial charge in [-0.2, -0.15) is 0 Å². The van der Waals surface area contributed by atoms with E-state index in [1.54, 1.807) is 4.90 Å². The lowest BCUT2D eigenvalue weighted by Gasteiger charge is -2.17. The fourth-order valence-corrected chi connectivity index (χ4v) is 2.19. The SMILES string of the molecule is O=C1CCCN1c1cccc(Br)c1Cl. The summed E-state index contributed by atoms with van der Waals surface area (Å²) in [6.07, 6.45) is 1.55. The van der Waals surface area contributed by atoms with E-state index < -0.39 is 0 Å². The van der Waals surface area contributed by atoms with Crippen LogP contribution in [0.15, 0.2) is 22.7 Å². The van der Waals surface area contributed by atoms with Gasteiger partial charge in [-0.1, -0.05) is 17.7 Å². The summed E-state index contributed by atoms with van der Waals surface area (Å²) in [7, 11) is 0. The average Bonchev–Trinajstić information content (AvgIpc) is 2.57. The zero-order valence-electron chi connectivity index (χ0n) is 7.46. The topological polar surface area (TPSA) is 20.3 Å². The molecule has 1 aromatic carbocycles. The molecule has 1 fully saturated rings. The summed E-state index contributed by atoms with van der Waals surface area (Å²) in [5, 5.41) is 0.614. The van der Waals surface area contributed by atoms with Crippen LogP contribution in [0.1, 0.15) is 12.8 Å². The molecule has 1 heterocycles. The summed E-state index contributed by atoms with van der Waals surface area (Å²) in [5.41, 5.74) is 0.809. The van der Waals surface area contributed by atoms with E-state index in [-0.39, 0.29) is 5.91 Å². The molecule has 1 aliphatic rings. The van der Waals surface area contributed by atoms with Crippen molar-refractivity contribution in [1.82, 2.24) is 0 Å². The second-order valence-electron chi connectivity index (χ2n) is 3.22. The molecule has 0 atom stereocenters. The van der Waals surface area contributed by atoms with Gasteiger partial charge >= 0.3 is 0 Å². The molecule has 0 bridgehead atoms. The minimum absolute atomic E-state index is 0.157. The first-order valence-electron chi connectivity index (χ1n) is 4.44. The molecule has 0 aliphatic carbocycles. The fraction of sp³-hybridized carbons (Fsp3) is 0.300. The van der Waals surface area contributed by atoms with Crippen molar-refractivity contribution >= 4 is 39.1 Å². The molecule has 4 heteroatoms. The number of carbonyl (C=O) groups excluding carboxylic acids is 1. The molecule has 1 saturated heterocycles. The van der Waals surface area contributed by atoms with E-state index in [4.69, 9.17) is 11.6 Å². The molecule has 2 nitrogen and oxygen atoms in total. The monoisotopic (exact) mass is 273 g/mol. The molecule has 1 amide bonds. The number of hydrogen-bond donors (Lipinski definition) is 0. The van der Waals surface area contributed by atoms with Gasteiger partial charge in [0.15, 0.2) is 0 Å². The van der Waals surface area contributed by atoms with Crippen LogP contribution in [0.5, 0.6) is 0 Å². The van der Waals surface area contributed by atoms with Crippen molar-refractivity contribution in [3.8, 4) is 0 Å². The third-order valence-corrected chi connectivity index (χ3v) is 3.58. The van der Waals surface area contributed by atoms with Gasteiger partial charge in [-0.3, -0.25) is 4.79 Å². The summed E-state index contributed by atoms with van der Waals surface area (Å²) in [5.74, 6) is 0.157. The standard InChI is InChI=1S/C10H9BrClNO/c11-7-3-1-4-8(10(7)12)13-6-2-5-9(13)14/h1,3-4H,2,5-6H2. The number of amides is 1. The normalized spacial score (nSPS) is 16.4. The summed E-state index contributed by atoms with van der Waals surface area (Å²) >= 11 is 9.44. The molecule has 14 heavy (non-hydrogen) atoms. The van der Waals surface area contributed by atoms with E-state index in [1.807, 2.05) is 18.2 Å². The van der Waals surface area contributed by atoms with Crippen molar-refractivity contribution in [3.05, 3.63) is 27.7 Å². The molecule has 1 aliphatic heterocycles. The molecule has 0 saturated carbocycles. The first-order chi connectivity index (χ1) is 6.70. The summed E-state index contributed by atoms with van der Waals surface area (Å²) in [6.45, 7) is 0.773. The minimum Gasteiger partial charge on any atom is -0.311 e. The second-order valence-corrected chi connectivity index (χ2v) is 4.45. The molecule has 1 aromatic rings. The van der Waals surface area contributed by atoms with Gasteiger partial charge in [0.25, 0.3) is 0 Å². The molecule has 0 spiro atoms. The molecule has 0 unspecified atom stereocenters. The quantitative estimate of drug-likeness (QED) is 0.770. The first-order valence-corrected chi connectivity index (χ1v) is 5.61. The highest BCUT2D eigenvalue weighted by atomic mass is 79.9. The van der Waals surface area contributed by atoms with Gasteiger partial charge in [0, 0.05) is 17.4 Å². The van der Waals surface area contributed by atoms with Gasteiger partial charge in [-0.15, -0.1) is 0 Å². The molecule has 0 radical (unpaired) electrons.